The van der Waals surface area contributed by atoms with Gasteiger partial charge >= 0.3 is 6.09 Å². The summed E-state index contributed by atoms with van der Waals surface area (Å²) >= 11 is 0. The monoisotopic (exact) mass is 334 g/mol. The molecule has 0 radical (unpaired) electrons. The maximum absolute atomic E-state index is 12.6. The van der Waals surface area contributed by atoms with Crippen LogP contribution < -0.4 is 0 Å². The van der Waals surface area contributed by atoms with Crippen molar-refractivity contribution in [3.05, 3.63) is 23.7 Å². The summed E-state index contributed by atoms with van der Waals surface area (Å²) in [5.74, 6) is 1.68. The van der Waals surface area contributed by atoms with E-state index in [9.17, 15) is 9.59 Å². The first-order valence-corrected chi connectivity index (χ1v) is 8.55. The molecule has 2 saturated heterocycles. The summed E-state index contributed by atoms with van der Waals surface area (Å²) < 4.78 is 10.9. The Morgan fingerprint density at radius 1 is 1.08 bits per heavy atom. The van der Waals surface area contributed by atoms with Crippen LogP contribution in [0.25, 0.3) is 0 Å². The van der Waals surface area contributed by atoms with E-state index in [0.29, 0.717) is 43.8 Å². The van der Waals surface area contributed by atoms with Gasteiger partial charge in [-0.25, -0.2) is 4.79 Å². The van der Waals surface area contributed by atoms with Gasteiger partial charge in [0.25, 0.3) is 5.91 Å². The molecule has 2 fully saturated rings. The molecular formula is C18H26N2O4. The van der Waals surface area contributed by atoms with Crippen LogP contribution in [-0.4, -0.2) is 53.6 Å². The predicted octanol–water partition coefficient (Wildman–Crippen LogP) is 2.92. The van der Waals surface area contributed by atoms with Gasteiger partial charge < -0.3 is 19.0 Å². The molecule has 0 unspecified atom stereocenters. The zero-order valence-electron chi connectivity index (χ0n) is 14.9. The normalized spacial score (nSPS) is 24.0. The number of carbonyl (C=O) groups is 2. The lowest BCUT2D eigenvalue weighted by molar-refractivity contribution is -0.00764. The molecule has 2 atom stereocenters. The molecule has 6 heteroatoms. The van der Waals surface area contributed by atoms with Crippen LogP contribution in [0.3, 0.4) is 0 Å². The van der Waals surface area contributed by atoms with Crippen LogP contribution in [0.15, 0.2) is 16.5 Å². The van der Waals surface area contributed by atoms with E-state index in [-0.39, 0.29) is 12.0 Å². The lowest BCUT2D eigenvalue weighted by Crippen LogP contribution is -2.55. The number of rotatable bonds is 1. The quantitative estimate of drug-likeness (QED) is 0.792. The van der Waals surface area contributed by atoms with Crippen LogP contribution in [0, 0.1) is 18.8 Å². The fourth-order valence-electron chi connectivity index (χ4n) is 3.63. The Hall–Kier alpha value is -1.98. The topological polar surface area (TPSA) is 63.0 Å². The fourth-order valence-corrected chi connectivity index (χ4v) is 3.63. The number of hydrogen-bond acceptors (Lipinski definition) is 4. The van der Waals surface area contributed by atoms with E-state index in [1.165, 1.54) is 0 Å². The minimum atomic E-state index is -0.483. The molecule has 24 heavy (non-hydrogen) atoms. The summed E-state index contributed by atoms with van der Waals surface area (Å²) in [6.07, 6.45) is 0.805. The molecule has 3 rings (SSSR count). The number of nitrogens with zero attached hydrogens (tertiary/aromatic N) is 2. The number of carbonyl (C=O) groups excluding carboxylic acids is 2. The summed E-state index contributed by atoms with van der Waals surface area (Å²) in [4.78, 5) is 28.5. The molecule has 2 amide bonds. The van der Waals surface area contributed by atoms with Gasteiger partial charge in [0.1, 0.15) is 11.4 Å². The van der Waals surface area contributed by atoms with Gasteiger partial charge in [-0.2, -0.15) is 0 Å². The Labute approximate surface area is 142 Å². The first-order chi connectivity index (χ1) is 11.2. The SMILES string of the molecule is Cc1ccc(C(=O)N2C[C@@H]3C[C@@H](CN(C(=O)OC(C)(C)C)C3)C2)o1. The zero-order valence-corrected chi connectivity index (χ0v) is 14.9. The van der Waals surface area contributed by atoms with E-state index < -0.39 is 5.60 Å². The highest BCUT2D eigenvalue weighted by Crippen LogP contribution is 2.30. The van der Waals surface area contributed by atoms with E-state index in [1.54, 1.807) is 11.0 Å². The molecule has 3 heterocycles. The van der Waals surface area contributed by atoms with Crippen molar-refractivity contribution in [1.29, 1.82) is 0 Å². The number of piperidine rings is 2. The van der Waals surface area contributed by atoms with Crippen molar-refractivity contribution in [3.8, 4) is 0 Å². The van der Waals surface area contributed by atoms with Gasteiger partial charge in [0.05, 0.1) is 0 Å². The highest BCUT2D eigenvalue weighted by molar-refractivity contribution is 5.91. The van der Waals surface area contributed by atoms with Crippen molar-refractivity contribution < 1.29 is 18.7 Å². The van der Waals surface area contributed by atoms with Crippen molar-refractivity contribution in [3.63, 3.8) is 0 Å². The molecule has 0 aromatic carbocycles. The summed E-state index contributed by atoms with van der Waals surface area (Å²) in [5, 5.41) is 0. The number of likely N-dealkylation sites (tertiary alicyclic amines) is 2. The van der Waals surface area contributed by atoms with Gasteiger partial charge in [0.15, 0.2) is 5.76 Å². The molecule has 2 bridgehead atoms. The number of hydrogen-bond donors (Lipinski definition) is 0. The molecule has 0 aliphatic carbocycles. The van der Waals surface area contributed by atoms with Crippen LogP contribution in [0.2, 0.25) is 0 Å². The molecule has 1 aromatic rings. The molecule has 0 N–H and O–H groups in total. The van der Waals surface area contributed by atoms with Crippen molar-refractivity contribution in [2.75, 3.05) is 26.2 Å². The largest absolute Gasteiger partial charge is 0.456 e. The van der Waals surface area contributed by atoms with Crippen LogP contribution in [0.4, 0.5) is 4.79 Å². The van der Waals surface area contributed by atoms with Gasteiger partial charge in [-0.1, -0.05) is 0 Å². The lowest BCUT2D eigenvalue weighted by atomic mass is 9.84. The minimum absolute atomic E-state index is 0.0523. The second-order valence-electron chi connectivity index (χ2n) is 7.97. The van der Waals surface area contributed by atoms with Crippen molar-refractivity contribution in [2.45, 2.75) is 39.7 Å². The predicted molar refractivity (Wildman–Crippen MR) is 88.8 cm³/mol. The summed E-state index contributed by atoms with van der Waals surface area (Å²) in [6, 6.07) is 3.54. The summed E-state index contributed by atoms with van der Waals surface area (Å²) in [6.45, 7) is 10.1. The first-order valence-electron chi connectivity index (χ1n) is 8.55. The van der Waals surface area contributed by atoms with Gasteiger partial charge in [-0.05, 0) is 58.1 Å². The Kier molecular flexibility index (Phi) is 4.32. The van der Waals surface area contributed by atoms with Crippen LogP contribution in [0.5, 0.6) is 0 Å². The number of ether oxygens (including phenoxy) is 1. The van der Waals surface area contributed by atoms with Crippen LogP contribution in [0.1, 0.15) is 43.5 Å². The highest BCUT2D eigenvalue weighted by atomic mass is 16.6. The van der Waals surface area contributed by atoms with Crippen molar-refractivity contribution in [2.24, 2.45) is 11.8 Å². The van der Waals surface area contributed by atoms with E-state index in [1.807, 2.05) is 38.7 Å². The Morgan fingerprint density at radius 2 is 1.67 bits per heavy atom. The Morgan fingerprint density at radius 3 is 2.17 bits per heavy atom. The lowest BCUT2D eigenvalue weighted by Gasteiger charge is -2.45. The number of fused-ring (bicyclic) bond motifs is 2. The van der Waals surface area contributed by atoms with Crippen LogP contribution >= 0.6 is 0 Å². The molecule has 132 valence electrons. The van der Waals surface area contributed by atoms with Gasteiger partial charge in [-0.15, -0.1) is 0 Å². The summed E-state index contributed by atoms with van der Waals surface area (Å²) in [7, 11) is 0. The maximum Gasteiger partial charge on any atom is 0.410 e. The first kappa shape index (κ1) is 16.9. The fraction of sp³-hybridized carbons (Fsp3) is 0.667. The molecule has 1 aromatic heterocycles. The Bertz CT molecular complexity index is 617. The van der Waals surface area contributed by atoms with E-state index in [4.69, 9.17) is 9.15 Å². The molecular weight excluding hydrogens is 308 g/mol. The van der Waals surface area contributed by atoms with Crippen LogP contribution in [-0.2, 0) is 4.74 Å². The second kappa shape index (κ2) is 6.15. The average Bonchev–Trinajstić information content (AvgIpc) is 2.90. The molecule has 6 nitrogen and oxygen atoms in total. The van der Waals surface area contributed by atoms with Gasteiger partial charge in [-0.3, -0.25) is 4.79 Å². The number of aryl methyl sites for hydroxylation is 1. The van der Waals surface area contributed by atoms with Gasteiger partial charge in [0, 0.05) is 26.2 Å². The Balaban J connectivity index is 1.63. The average molecular weight is 334 g/mol. The summed E-state index contributed by atoms with van der Waals surface area (Å²) in [5.41, 5.74) is -0.483. The van der Waals surface area contributed by atoms with E-state index in [2.05, 4.69) is 0 Å². The molecule has 2 aliphatic rings. The standard InChI is InChI=1S/C18H26N2O4/c1-12-5-6-15(23-12)16(21)19-8-13-7-14(9-19)11-20(10-13)17(22)24-18(2,3)4/h5-6,13-14H,7-11H2,1-4H3/t13-,14+. The zero-order chi connectivity index (χ0) is 17.5. The van der Waals surface area contributed by atoms with Crippen molar-refractivity contribution >= 4 is 12.0 Å². The maximum atomic E-state index is 12.6. The second-order valence-corrected chi connectivity index (χ2v) is 7.97. The highest BCUT2D eigenvalue weighted by Gasteiger charge is 2.39. The van der Waals surface area contributed by atoms with Gasteiger partial charge in [0.2, 0.25) is 0 Å². The third-order valence-electron chi connectivity index (χ3n) is 4.47. The molecule has 0 saturated carbocycles. The van der Waals surface area contributed by atoms with E-state index in [0.717, 1.165) is 12.2 Å². The minimum Gasteiger partial charge on any atom is -0.456 e. The van der Waals surface area contributed by atoms with E-state index >= 15 is 0 Å². The smallest absolute Gasteiger partial charge is 0.410 e. The molecule has 0 spiro atoms. The number of furan rings is 1. The third-order valence-corrected chi connectivity index (χ3v) is 4.47. The number of amides is 2. The molecule has 2 aliphatic heterocycles. The van der Waals surface area contributed by atoms with Crippen molar-refractivity contribution in [1.82, 2.24) is 9.80 Å². The third kappa shape index (κ3) is 3.74.